The zero-order valence-electron chi connectivity index (χ0n) is 13.0. The molecule has 0 amide bonds. The normalized spacial score (nSPS) is 36.9. The molecule has 1 N–H and O–H groups in total. The van der Waals surface area contributed by atoms with Crippen molar-refractivity contribution in [2.45, 2.75) is 86.2 Å². The first-order valence-corrected chi connectivity index (χ1v) is 7.09. The third kappa shape index (κ3) is 2.16. The molecule has 1 heteroatoms. The molecule has 1 aliphatic heterocycles. The molecule has 1 heterocycles. The number of hydrogen-bond acceptors (Lipinski definition) is 1. The summed E-state index contributed by atoms with van der Waals surface area (Å²) in [6.45, 7) is 19.9. The fourth-order valence-electron chi connectivity index (χ4n) is 3.79. The van der Waals surface area contributed by atoms with Crippen LogP contribution in [-0.2, 0) is 0 Å². The maximum absolute atomic E-state index is 3.80. The molecule has 2 bridgehead atoms. The topological polar surface area (TPSA) is 12.0 Å². The summed E-state index contributed by atoms with van der Waals surface area (Å²) in [4.78, 5) is 0. The third-order valence-corrected chi connectivity index (χ3v) is 4.70. The Morgan fingerprint density at radius 3 is 1.44 bits per heavy atom. The standard InChI is InChI=1S/C11H21N.2C2H6/c1-9(2)8-6-7-11(9,5)12-10(8,3)4;2*1-2/h8,12H,6-7H2,1-5H3;2*1-2H3. The maximum atomic E-state index is 3.80. The zero-order valence-corrected chi connectivity index (χ0v) is 13.0. The summed E-state index contributed by atoms with van der Waals surface area (Å²) in [6, 6.07) is 0. The van der Waals surface area contributed by atoms with Gasteiger partial charge in [0.1, 0.15) is 0 Å². The number of hydrogen-bond donors (Lipinski definition) is 1. The van der Waals surface area contributed by atoms with Crippen molar-refractivity contribution in [3.05, 3.63) is 0 Å². The quantitative estimate of drug-likeness (QED) is 0.637. The molecule has 1 saturated heterocycles. The number of nitrogens with one attached hydrogen (secondary N) is 1. The minimum atomic E-state index is 0.358. The van der Waals surface area contributed by atoms with E-state index in [1.807, 2.05) is 27.7 Å². The van der Waals surface area contributed by atoms with E-state index in [0.29, 0.717) is 16.5 Å². The predicted molar refractivity (Wildman–Crippen MR) is 74.8 cm³/mol. The van der Waals surface area contributed by atoms with Crippen LogP contribution in [0.5, 0.6) is 0 Å². The monoisotopic (exact) mass is 227 g/mol. The molecular weight excluding hydrogens is 194 g/mol. The van der Waals surface area contributed by atoms with Gasteiger partial charge in [0.2, 0.25) is 0 Å². The first-order valence-electron chi connectivity index (χ1n) is 7.09. The summed E-state index contributed by atoms with van der Waals surface area (Å²) < 4.78 is 0. The number of piperidine rings is 1. The Hall–Kier alpha value is -0.0400. The predicted octanol–water partition coefficient (Wildman–Crippen LogP) is 4.62. The van der Waals surface area contributed by atoms with Crippen LogP contribution in [0.15, 0.2) is 0 Å². The molecule has 0 aromatic rings. The molecular formula is C15H33N. The van der Waals surface area contributed by atoms with Crippen molar-refractivity contribution in [2.24, 2.45) is 11.3 Å². The van der Waals surface area contributed by atoms with Gasteiger partial charge in [0.15, 0.2) is 0 Å². The molecule has 0 aromatic heterocycles. The number of rotatable bonds is 0. The molecule has 1 saturated carbocycles. The summed E-state index contributed by atoms with van der Waals surface area (Å²) in [6.07, 6.45) is 2.76. The molecule has 16 heavy (non-hydrogen) atoms. The van der Waals surface area contributed by atoms with Crippen molar-refractivity contribution in [1.29, 1.82) is 0 Å². The van der Waals surface area contributed by atoms with Gasteiger partial charge in [-0.2, -0.15) is 0 Å². The Balaban J connectivity index is 0.000000509. The van der Waals surface area contributed by atoms with Crippen LogP contribution in [0.2, 0.25) is 0 Å². The Morgan fingerprint density at radius 2 is 1.31 bits per heavy atom. The highest BCUT2D eigenvalue weighted by Crippen LogP contribution is 2.59. The smallest absolute Gasteiger partial charge is 0.0212 e. The van der Waals surface area contributed by atoms with Crippen molar-refractivity contribution >= 4 is 0 Å². The van der Waals surface area contributed by atoms with Gasteiger partial charge in [-0.15, -0.1) is 0 Å². The van der Waals surface area contributed by atoms with Gasteiger partial charge in [0.05, 0.1) is 0 Å². The van der Waals surface area contributed by atoms with E-state index in [1.54, 1.807) is 0 Å². The van der Waals surface area contributed by atoms with Gasteiger partial charge in [-0.3, -0.25) is 0 Å². The molecule has 2 rings (SSSR count). The molecule has 2 aliphatic rings. The SMILES string of the molecule is CC.CC.CC1(C)NC2(C)CCC1C2(C)C. The molecule has 2 fully saturated rings. The van der Waals surface area contributed by atoms with Crippen molar-refractivity contribution in [3.63, 3.8) is 0 Å². The summed E-state index contributed by atoms with van der Waals surface area (Å²) >= 11 is 0. The second-order valence-corrected chi connectivity index (χ2v) is 5.99. The molecule has 2 atom stereocenters. The van der Waals surface area contributed by atoms with Gasteiger partial charge < -0.3 is 5.32 Å². The Kier molecular flexibility index (Phi) is 5.07. The lowest BCUT2D eigenvalue weighted by molar-refractivity contribution is 0.215. The van der Waals surface area contributed by atoms with E-state index in [2.05, 4.69) is 39.9 Å². The molecule has 0 aromatic carbocycles. The van der Waals surface area contributed by atoms with Crippen LogP contribution in [0.25, 0.3) is 0 Å². The van der Waals surface area contributed by atoms with Gasteiger partial charge in [0.25, 0.3) is 0 Å². The zero-order chi connectivity index (χ0) is 13.2. The fraction of sp³-hybridized carbons (Fsp3) is 1.00. The largest absolute Gasteiger partial charge is 0.306 e. The summed E-state index contributed by atoms with van der Waals surface area (Å²) in [5.41, 5.74) is 1.23. The lowest BCUT2D eigenvalue weighted by Gasteiger charge is -2.35. The number of fused-ring (bicyclic) bond motifs is 2. The molecule has 98 valence electrons. The Labute approximate surface area is 103 Å². The Morgan fingerprint density at radius 1 is 0.875 bits per heavy atom. The molecule has 2 unspecified atom stereocenters. The van der Waals surface area contributed by atoms with E-state index in [1.165, 1.54) is 12.8 Å². The second kappa shape index (κ2) is 5.08. The average Bonchev–Trinajstić information content (AvgIpc) is 2.50. The minimum absolute atomic E-state index is 0.358. The van der Waals surface area contributed by atoms with Gasteiger partial charge in [-0.05, 0) is 44.9 Å². The van der Waals surface area contributed by atoms with Crippen molar-refractivity contribution in [2.75, 3.05) is 0 Å². The molecule has 1 aliphatic carbocycles. The van der Waals surface area contributed by atoms with Crippen LogP contribution < -0.4 is 5.32 Å². The van der Waals surface area contributed by atoms with E-state index in [0.717, 1.165) is 5.92 Å². The summed E-state index contributed by atoms with van der Waals surface area (Å²) in [5.74, 6) is 0.856. The van der Waals surface area contributed by atoms with E-state index in [4.69, 9.17) is 0 Å². The van der Waals surface area contributed by atoms with Crippen LogP contribution >= 0.6 is 0 Å². The van der Waals surface area contributed by atoms with Gasteiger partial charge in [-0.1, -0.05) is 41.5 Å². The maximum Gasteiger partial charge on any atom is 0.0212 e. The lowest BCUT2D eigenvalue weighted by Crippen LogP contribution is -2.51. The van der Waals surface area contributed by atoms with Gasteiger partial charge >= 0.3 is 0 Å². The fourth-order valence-corrected chi connectivity index (χ4v) is 3.79. The van der Waals surface area contributed by atoms with E-state index < -0.39 is 0 Å². The first kappa shape index (κ1) is 16.0. The molecule has 0 spiro atoms. The van der Waals surface area contributed by atoms with Crippen LogP contribution in [0.4, 0.5) is 0 Å². The van der Waals surface area contributed by atoms with Gasteiger partial charge in [-0.25, -0.2) is 0 Å². The highest BCUT2D eigenvalue weighted by Gasteiger charge is 2.63. The highest BCUT2D eigenvalue weighted by atomic mass is 15.1. The second-order valence-electron chi connectivity index (χ2n) is 5.99. The van der Waals surface area contributed by atoms with Crippen LogP contribution in [-0.4, -0.2) is 11.1 Å². The van der Waals surface area contributed by atoms with Crippen LogP contribution in [0.1, 0.15) is 75.2 Å². The summed E-state index contributed by atoms with van der Waals surface area (Å²) in [7, 11) is 0. The minimum Gasteiger partial charge on any atom is -0.306 e. The van der Waals surface area contributed by atoms with Crippen molar-refractivity contribution < 1.29 is 0 Å². The van der Waals surface area contributed by atoms with E-state index in [9.17, 15) is 0 Å². The van der Waals surface area contributed by atoms with Gasteiger partial charge in [0, 0.05) is 11.1 Å². The average molecular weight is 227 g/mol. The third-order valence-electron chi connectivity index (χ3n) is 4.70. The highest BCUT2D eigenvalue weighted by molar-refractivity contribution is 5.19. The van der Waals surface area contributed by atoms with Crippen LogP contribution in [0.3, 0.4) is 0 Å². The Bertz CT molecular complexity index is 215. The van der Waals surface area contributed by atoms with E-state index in [-0.39, 0.29) is 0 Å². The van der Waals surface area contributed by atoms with E-state index >= 15 is 0 Å². The molecule has 1 nitrogen and oxygen atoms in total. The lowest BCUT2D eigenvalue weighted by atomic mass is 9.72. The van der Waals surface area contributed by atoms with Crippen molar-refractivity contribution in [1.82, 2.24) is 5.32 Å². The van der Waals surface area contributed by atoms with Crippen molar-refractivity contribution in [3.8, 4) is 0 Å². The summed E-state index contributed by atoms with van der Waals surface area (Å²) in [5, 5.41) is 3.80. The first-order chi connectivity index (χ1) is 7.30. The molecule has 0 radical (unpaired) electrons. The van der Waals surface area contributed by atoms with Crippen LogP contribution in [0, 0.1) is 11.3 Å².